The van der Waals surface area contributed by atoms with Crippen LogP contribution < -0.4 is 4.72 Å². The summed E-state index contributed by atoms with van der Waals surface area (Å²) in [6.45, 7) is 5.36. The summed E-state index contributed by atoms with van der Waals surface area (Å²) in [7, 11) is -3.63. The van der Waals surface area contributed by atoms with E-state index in [0.717, 1.165) is 44.9 Å². The molecule has 0 aromatic carbocycles. The van der Waals surface area contributed by atoms with E-state index in [9.17, 15) is 13.2 Å². The largest absolute Gasteiger partial charge is 0.411 e. The van der Waals surface area contributed by atoms with Gasteiger partial charge in [0.15, 0.2) is 0 Å². The predicted molar refractivity (Wildman–Crippen MR) is 114 cm³/mol. The number of thiophene rings is 1. The second-order valence-electron chi connectivity index (χ2n) is 8.37. The highest BCUT2D eigenvalue weighted by Gasteiger charge is 2.28. The van der Waals surface area contributed by atoms with Gasteiger partial charge < -0.3 is 9.32 Å². The van der Waals surface area contributed by atoms with E-state index in [1.807, 2.05) is 0 Å². The molecular weight excluding hydrogens is 424 g/mol. The molecule has 30 heavy (non-hydrogen) atoms. The summed E-state index contributed by atoms with van der Waals surface area (Å²) >= 11 is 1.28. The zero-order valence-corrected chi connectivity index (χ0v) is 19.0. The second-order valence-corrected chi connectivity index (χ2v) is 11.3. The number of sulfonamides is 1. The van der Waals surface area contributed by atoms with Gasteiger partial charge >= 0.3 is 11.8 Å². The standard InChI is InChI=1S/C20H28N4O4S2/c1-13-6-8-15(9-7-13)23-30(26,27)17-12-16(29-14(17)2)18-21-22-19(28-18)20(25)24-10-4-3-5-11-24/h12-13,15,23H,3-11H2,1-2H3. The van der Waals surface area contributed by atoms with Crippen molar-refractivity contribution < 1.29 is 17.6 Å². The average Bonchev–Trinajstić information content (AvgIpc) is 3.37. The Balaban J connectivity index is 1.50. The summed E-state index contributed by atoms with van der Waals surface area (Å²) in [5.74, 6) is 0.524. The second kappa shape index (κ2) is 8.76. The van der Waals surface area contributed by atoms with Crippen molar-refractivity contribution in [1.82, 2.24) is 19.8 Å². The molecule has 2 aromatic heterocycles. The van der Waals surface area contributed by atoms with Crippen LogP contribution >= 0.6 is 11.3 Å². The van der Waals surface area contributed by atoms with Gasteiger partial charge in [-0.25, -0.2) is 13.1 Å². The van der Waals surface area contributed by atoms with Crippen LogP contribution in [0.5, 0.6) is 0 Å². The lowest BCUT2D eigenvalue weighted by Gasteiger charge is -2.26. The number of hydrogen-bond donors (Lipinski definition) is 1. The van der Waals surface area contributed by atoms with E-state index in [0.29, 0.717) is 28.8 Å². The van der Waals surface area contributed by atoms with Crippen LogP contribution in [0.15, 0.2) is 15.4 Å². The predicted octanol–water partition coefficient (Wildman–Crippen LogP) is 3.59. The summed E-state index contributed by atoms with van der Waals surface area (Å²) in [6, 6.07) is 1.54. The highest BCUT2D eigenvalue weighted by molar-refractivity contribution is 7.89. The highest BCUT2D eigenvalue weighted by Crippen LogP contribution is 2.34. The van der Waals surface area contributed by atoms with Crippen LogP contribution in [0.2, 0.25) is 0 Å². The van der Waals surface area contributed by atoms with Crippen molar-refractivity contribution in [2.45, 2.75) is 69.7 Å². The molecule has 1 aliphatic heterocycles. The highest BCUT2D eigenvalue weighted by atomic mass is 32.2. The molecule has 1 saturated heterocycles. The molecule has 0 atom stereocenters. The molecule has 1 N–H and O–H groups in total. The number of aryl methyl sites for hydroxylation is 1. The number of amides is 1. The minimum absolute atomic E-state index is 0.0221. The number of hydrogen-bond acceptors (Lipinski definition) is 7. The van der Waals surface area contributed by atoms with Crippen LogP contribution in [0, 0.1) is 12.8 Å². The zero-order valence-electron chi connectivity index (χ0n) is 17.4. The topological polar surface area (TPSA) is 105 Å². The molecule has 2 aromatic rings. The number of aromatic nitrogens is 2. The first-order chi connectivity index (χ1) is 14.3. The van der Waals surface area contributed by atoms with Crippen molar-refractivity contribution in [3.63, 3.8) is 0 Å². The Morgan fingerprint density at radius 3 is 2.57 bits per heavy atom. The average molecular weight is 453 g/mol. The first kappa shape index (κ1) is 21.5. The van der Waals surface area contributed by atoms with Gasteiger partial charge in [-0.3, -0.25) is 4.79 Å². The molecule has 2 fully saturated rings. The molecule has 1 saturated carbocycles. The lowest BCUT2D eigenvalue weighted by molar-refractivity contribution is 0.0684. The van der Waals surface area contributed by atoms with Gasteiger partial charge in [0.05, 0.1) is 9.77 Å². The molecule has 2 aliphatic rings. The lowest BCUT2D eigenvalue weighted by atomic mass is 9.88. The van der Waals surface area contributed by atoms with Gasteiger partial charge in [-0.15, -0.1) is 21.5 Å². The third-order valence-corrected chi connectivity index (χ3v) is 8.78. The third kappa shape index (κ3) is 4.60. The molecular formula is C20H28N4O4S2. The van der Waals surface area contributed by atoms with E-state index >= 15 is 0 Å². The Morgan fingerprint density at radius 1 is 1.17 bits per heavy atom. The van der Waals surface area contributed by atoms with Gasteiger partial charge in [0, 0.05) is 24.0 Å². The van der Waals surface area contributed by atoms with Gasteiger partial charge in [-0.1, -0.05) is 6.92 Å². The van der Waals surface area contributed by atoms with Crippen molar-refractivity contribution >= 4 is 27.3 Å². The number of likely N-dealkylation sites (tertiary alicyclic amines) is 1. The lowest BCUT2D eigenvalue weighted by Crippen LogP contribution is -2.37. The van der Waals surface area contributed by atoms with Crippen molar-refractivity contribution in [1.29, 1.82) is 0 Å². The fraction of sp³-hybridized carbons (Fsp3) is 0.650. The van der Waals surface area contributed by atoms with Crippen molar-refractivity contribution in [2.75, 3.05) is 13.1 Å². The molecule has 10 heteroatoms. The van der Waals surface area contributed by atoms with E-state index in [-0.39, 0.29) is 28.6 Å². The van der Waals surface area contributed by atoms with Crippen molar-refractivity contribution in [2.24, 2.45) is 5.92 Å². The smallest absolute Gasteiger partial charge is 0.311 e. The van der Waals surface area contributed by atoms with E-state index in [1.165, 1.54) is 11.3 Å². The number of piperidine rings is 1. The van der Waals surface area contributed by atoms with Crippen LogP contribution in [0.25, 0.3) is 10.8 Å². The molecule has 0 radical (unpaired) electrons. The summed E-state index contributed by atoms with van der Waals surface area (Å²) in [4.78, 5) is 15.7. The molecule has 3 heterocycles. The molecule has 164 valence electrons. The summed E-state index contributed by atoms with van der Waals surface area (Å²) in [6.07, 6.45) is 6.88. The fourth-order valence-corrected chi connectivity index (χ4v) is 6.96. The van der Waals surface area contributed by atoms with E-state index in [1.54, 1.807) is 17.9 Å². The Kier molecular flexibility index (Phi) is 6.26. The van der Waals surface area contributed by atoms with Gasteiger partial charge in [0.1, 0.15) is 0 Å². The van der Waals surface area contributed by atoms with E-state index in [4.69, 9.17) is 4.42 Å². The van der Waals surface area contributed by atoms with Gasteiger partial charge in [-0.2, -0.15) is 0 Å². The van der Waals surface area contributed by atoms with Crippen LogP contribution in [0.3, 0.4) is 0 Å². The maximum atomic E-state index is 12.9. The molecule has 4 rings (SSSR count). The van der Waals surface area contributed by atoms with Crippen molar-refractivity contribution in [3.8, 4) is 10.8 Å². The molecule has 1 aliphatic carbocycles. The summed E-state index contributed by atoms with van der Waals surface area (Å²) < 4.78 is 34.3. The molecule has 0 spiro atoms. The fourth-order valence-electron chi connectivity index (χ4n) is 4.14. The Morgan fingerprint density at radius 2 is 1.87 bits per heavy atom. The molecule has 1 amide bonds. The van der Waals surface area contributed by atoms with Gasteiger partial charge in [0.2, 0.25) is 10.0 Å². The van der Waals surface area contributed by atoms with Crippen LogP contribution in [0.1, 0.15) is 67.4 Å². The Labute approximate surface area is 181 Å². The van der Waals surface area contributed by atoms with E-state index < -0.39 is 10.0 Å². The van der Waals surface area contributed by atoms with Crippen molar-refractivity contribution in [3.05, 3.63) is 16.8 Å². The number of nitrogens with one attached hydrogen (secondary N) is 1. The quantitative estimate of drug-likeness (QED) is 0.743. The first-order valence-corrected chi connectivity index (χ1v) is 12.9. The molecule has 0 unspecified atom stereocenters. The maximum Gasteiger partial charge on any atom is 0.311 e. The van der Waals surface area contributed by atoms with E-state index in [2.05, 4.69) is 21.8 Å². The first-order valence-electron chi connectivity index (χ1n) is 10.6. The summed E-state index contributed by atoms with van der Waals surface area (Å²) in [5.41, 5.74) is 0. The normalized spacial score (nSPS) is 22.9. The zero-order chi connectivity index (χ0) is 21.3. The number of nitrogens with zero attached hydrogens (tertiary/aromatic N) is 3. The number of carbonyl (C=O) groups is 1. The number of rotatable bonds is 5. The minimum Gasteiger partial charge on any atom is -0.411 e. The van der Waals surface area contributed by atoms with Crippen LogP contribution in [-0.4, -0.2) is 48.6 Å². The summed E-state index contributed by atoms with van der Waals surface area (Å²) in [5, 5.41) is 7.90. The Bertz CT molecular complexity index is 1000. The van der Waals surface area contributed by atoms with Crippen LogP contribution in [-0.2, 0) is 10.0 Å². The molecule has 0 bridgehead atoms. The monoisotopic (exact) mass is 452 g/mol. The third-order valence-electron chi connectivity index (χ3n) is 5.96. The Hall–Kier alpha value is -1.78. The maximum absolute atomic E-state index is 12.9. The van der Waals surface area contributed by atoms with Crippen LogP contribution in [0.4, 0.5) is 0 Å². The van der Waals surface area contributed by atoms with Gasteiger partial charge in [0.25, 0.3) is 5.89 Å². The molecule has 8 nitrogen and oxygen atoms in total. The minimum atomic E-state index is -3.63. The SMILES string of the molecule is Cc1sc(-c2nnc(C(=O)N3CCCCC3)o2)cc1S(=O)(=O)NC1CCC(C)CC1. The van der Waals surface area contributed by atoms with Gasteiger partial charge in [-0.05, 0) is 63.9 Å². The number of carbonyl (C=O) groups excluding carboxylic acids is 1.